The second-order valence-electron chi connectivity index (χ2n) is 4.01. The highest BCUT2D eigenvalue weighted by molar-refractivity contribution is 8.29. The number of nitrogens with one attached hydrogen (secondary N) is 1. The highest BCUT2D eigenvalue weighted by Crippen LogP contribution is 2.24. The number of hydrogen-bond donors (Lipinski definition) is 2. The Balaban J connectivity index is 2.44. The molecular formula is C11H19N5OS. The van der Waals surface area contributed by atoms with E-state index in [1.165, 1.54) is 18.0 Å². The molecule has 0 aromatic rings. The van der Waals surface area contributed by atoms with Crippen LogP contribution in [0.5, 0.6) is 0 Å². The highest BCUT2D eigenvalue weighted by Gasteiger charge is 2.24. The van der Waals surface area contributed by atoms with Gasteiger partial charge in [-0.3, -0.25) is 9.79 Å². The predicted octanol–water partition coefficient (Wildman–Crippen LogP) is 0.0280. The van der Waals surface area contributed by atoms with E-state index >= 15 is 0 Å². The van der Waals surface area contributed by atoms with Gasteiger partial charge in [0, 0.05) is 19.8 Å². The lowest BCUT2D eigenvalue weighted by Crippen LogP contribution is -2.31. The zero-order valence-electron chi connectivity index (χ0n) is 10.9. The summed E-state index contributed by atoms with van der Waals surface area (Å²) in [6, 6.07) is 0. The Morgan fingerprint density at radius 1 is 1.61 bits per heavy atom. The molecule has 1 aliphatic rings. The third kappa shape index (κ3) is 4.15. The molecule has 0 spiro atoms. The molecule has 0 aromatic carbocycles. The molecule has 0 bridgehead atoms. The average Bonchev–Trinajstić information content (AvgIpc) is 2.77. The Morgan fingerprint density at radius 3 is 2.83 bits per heavy atom. The first-order valence-electron chi connectivity index (χ1n) is 5.67. The van der Waals surface area contributed by atoms with Crippen LogP contribution in [-0.4, -0.2) is 55.1 Å². The van der Waals surface area contributed by atoms with Crippen LogP contribution in [0, 0.1) is 0 Å². The van der Waals surface area contributed by atoms with Crippen molar-refractivity contribution in [3.05, 3.63) is 11.9 Å². The van der Waals surface area contributed by atoms with E-state index in [0.29, 0.717) is 22.3 Å². The lowest BCUT2D eigenvalue weighted by atomic mass is 10.4. The first-order chi connectivity index (χ1) is 8.58. The van der Waals surface area contributed by atoms with E-state index in [9.17, 15) is 4.79 Å². The Kier molecular flexibility index (Phi) is 5.87. The molecule has 18 heavy (non-hydrogen) atoms. The van der Waals surface area contributed by atoms with E-state index in [4.69, 9.17) is 5.73 Å². The Hall–Kier alpha value is -1.34. The first kappa shape index (κ1) is 14.7. The van der Waals surface area contributed by atoms with Crippen molar-refractivity contribution in [2.75, 3.05) is 34.2 Å². The second kappa shape index (κ2) is 7.17. The van der Waals surface area contributed by atoms with Crippen LogP contribution in [0.1, 0.15) is 6.42 Å². The average molecular weight is 269 g/mol. The van der Waals surface area contributed by atoms with Crippen molar-refractivity contribution in [1.29, 1.82) is 0 Å². The fourth-order valence-electron chi connectivity index (χ4n) is 1.36. The standard InChI is InChI=1S/C11H19N5OS/c1-13-10-8(7-12)15-11(18-10)9(17)14-5-4-6-16(2)3/h7H,4-6,12H2,1-3H3,(H,14,17)/b8-7+,13-10+. The summed E-state index contributed by atoms with van der Waals surface area (Å²) in [7, 11) is 5.65. The summed E-state index contributed by atoms with van der Waals surface area (Å²) in [6.07, 6.45) is 2.27. The highest BCUT2D eigenvalue weighted by atomic mass is 32.2. The van der Waals surface area contributed by atoms with Crippen molar-refractivity contribution in [2.24, 2.45) is 15.7 Å². The van der Waals surface area contributed by atoms with E-state index in [2.05, 4.69) is 20.2 Å². The molecule has 1 aliphatic heterocycles. The molecule has 1 heterocycles. The maximum Gasteiger partial charge on any atom is 0.276 e. The monoisotopic (exact) mass is 269 g/mol. The molecule has 7 heteroatoms. The summed E-state index contributed by atoms with van der Waals surface area (Å²) in [5.41, 5.74) is 5.97. The van der Waals surface area contributed by atoms with E-state index in [1.54, 1.807) is 7.05 Å². The molecule has 1 amide bonds. The van der Waals surface area contributed by atoms with Crippen LogP contribution < -0.4 is 11.1 Å². The van der Waals surface area contributed by atoms with Crippen LogP contribution in [0.15, 0.2) is 21.9 Å². The van der Waals surface area contributed by atoms with Gasteiger partial charge in [0.1, 0.15) is 10.7 Å². The Bertz CT molecular complexity index is 400. The number of amides is 1. The molecule has 6 nitrogen and oxygen atoms in total. The summed E-state index contributed by atoms with van der Waals surface area (Å²) in [5, 5.41) is 3.91. The van der Waals surface area contributed by atoms with Gasteiger partial charge in [-0.25, -0.2) is 4.99 Å². The molecule has 0 fully saturated rings. The molecule has 100 valence electrons. The molecule has 0 aromatic heterocycles. The minimum atomic E-state index is -0.170. The molecule has 0 aliphatic carbocycles. The van der Waals surface area contributed by atoms with Crippen LogP contribution in [0.3, 0.4) is 0 Å². The summed E-state index contributed by atoms with van der Waals surface area (Å²) >= 11 is 1.25. The Morgan fingerprint density at radius 2 is 2.33 bits per heavy atom. The molecule has 3 N–H and O–H groups in total. The van der Waals surface area contributed by atoms with Gasteiger partial charge in [0.25, 0.3) is 5.91 Å². The zero-order valence-corrected chi connectivity index (χ0v) is 11.8. The third-order valence-corrected chi connectivity index (χ3v) is 3.31. The van der Waals surface area contributed by atoms with Crippen LogP contribution in [0.25, 0.3) is 0 Å². The minimum absolute atomic E-state index is 0.170. The largest absolute Gasteiger partial charge is 0.403 e. The zero-order chi connectivity index (χ0) is 13.5. The van der Waals surface area contributed by atoms with Gasteiger partial charge < -0.3 is 16.0 Å². The summed E-state index contributed by atoms with van der Waals surface area (Å²) in [6.45, 7) is 1.58. The lowest BCUT2D eigenvalue weighted by Gasteiger charge is -2.09. The van der Waals surface area contributed by atoms with Gasteiger partial charge in [-0.1, -0.05) is 0 Å². The van der Waals surface area contributed by atoms with Crippen LogP contribution in [0.2, 0.25) is 0 Å². The molecular weight excluding hydrogens is 250 g/mol. The van der Waals surface area contributed by atoms with Gasteiger partial charge in [0.2, 0.25) is 0 Å². The molecule has 0 unspecified atom stereocenters. The maximum absolute atomic E-state index is 11.8. The van der Waals surface area contributed by atoms with Crippen molar-refractivity contribution in [3.8, 4) is 0 Å². The molecule has 0 atom stereocenters. The minimum Gasteiger partial charge on any atom is -0.403 e. The van der Waals surface area contributed by atoms with E-state index < -0.39 is 0 Å². The number of rotatable bonds is 5. The third-order valence-electron chi connectivity index (χ3n) is 2.26. The Labute approximate surface area is 111 Å². The number of carbonyl (C=O) groups excluding carboxylic acids is 1. The van der Waals surface area contributed by atoms with Gasteiger partial charge in [0.05, 0.1) is 0 Å². The maximum atomic E-state index is 11.8. The normalized spacial score (nSPS) is 19.7. The van der Waals surface area contributed by atoms with E-state index in [0.717, 1.165) is 13.0 Å². The van der Waals surface area contributed by atoms with Gasteiger partial charge in [-0.15, -0.1) is 0 Å². The van der Waals surface area contributed by atoms with Gasteiger partial charge in [0.15, 0.2) is 5.04 Å². The quantitative estimate of drug-likeness (QED) is 0.690. The number of aliphatic imine (C=N–C) groups is 2. The fourth-order valence-corrected chi connectivity index (χ4v) is 2.16. The molecule has 0 radical (unpaired) electrons. The second-order valence-corrected chi connectivity index (χ2v) is 4.99. The van der Waals surface area contributed by atoms with Gasteiger partial charge in [-0.2, -0.15) is 0 Å². The SMILES string of the molecule is C/N=C1/SC(C(=O)NCCCN(C)C)=N/C1=C/N. The smallest absolute Gasteiger partial charge is 0.276 e. The number of thioether (sulfide) groups is 1. The summed E-state index contributed by atoms with van der Waals surface area (Å²) in [4.78, 5) is 22.0. The van der Waals surface area contributed by atoms with Crippen molar-refractivity contribution in [2.45, 2.75) is 6.42 Å². The number of nitrogens with zero attached hydrogens (tertiary/aromatic N) is 3. The summed E-state index contributed by atoms with van der Waals surface area (Å²) < 4.78 is 0. The van der Waals surface area contributed by atoms with Gasteiger partial charge >= 0.3 is 0 Å². The topological polar surface area (TPSA) is 83.1 Å². The van der Waals surface area contributed by atoms with Crippen LogP contribution in [-0.2, 0) is 4.79 Å². The van der Waals surface area contributed by atoms with Crippen molar-refractivity contribution in [3.63, 3.8) is 0 Å². The van der Waals surface area contributed by atoms with Crippen LogP contribution in [0.4, 0.5) is 0 Å². The molecule has 0 saturated carbocycles. The fraction of sp³-hybridized carbons (Fsp3) is 0.545. The van der Waals surface area contributed by atoms with Crippen molar-refractivity contribution in [1.82, 2.24) is 10.2 Å². The van der Waals surface area contributed by atoms with Crippen LogP contribution >= 0.6 is 11.8 Å². The summed E-state index contributed by atoms with van der Waals surface area (Å²) in [5.74, 6) is -0.170. The van der Waals surface area contributed by atoms with Crippen molar-refractivity contribution < 1.29 is 4.79 Å². The number of carbonyl (C=O) groups is 1. The van der Waals surface area contributed by atoms with Crippen molar-refractivity contribution >= 4 is 27.8 Å². The number of nitrogens with two attached hydrogens (primary N) is 1. The predicted molar refractivity (Wildman–Crippen MR) is 76.8 cm³/mol. The van der Waals surface area contributed by atoms with E-state index in [1.807, 2.05) is 14.1 Å². The lowest BCUT2D eigenvalue weighted by molar-refractivity contribution is -0.114. The van der Waals surface area contributed by atoms with Gasteiger partial charge in [-0.05, 0) is 38.8 Å². The molecule has 1 rings (SSSR count). The van der Waals surface area contributed by atoms with E-state index in [-0.39, 0.29) is 5.91 Å². The molecule has 0 saturated heterocycles. The number of hydrogen-bond acceptors (Lipinski definition) is 6. The first-order valence-corrected chi connectivity index (χ1v) is 6.48.